The molecule has 4 nitrogen and oxygen atoms in total. The van der Waals surface area contributed by atoms with E-state index in [0.29, 0.717) is 12.5 Å². The topological polar surface area (TPSA) is 47.0 Å². The highest BCUT2D eigenvalue weighted by Crippen LogP contribution is 2.14. The maximum atomic E-state index is 5.60. The van der Waals surface area contributed by atoms with Gasteiger partial charge in [0.2, 0.25) is 5.88 Å². The number of nitrogens with one attached hydrogen (secondary N) is 1. The van der Waals surface area contributed by atoms with Gasteiger partial charge in [0.05, 0.1) is 12.4 Å². The molecule has 0 atom stereocenters. The van der Waals surface area contributed by atoms with Gasteiger partial charge in [-0.1, -0.05) is 28.1 Å². The van der Waals surface area contributed by atoms with Crippen LogP contribution in [0, 0.1) is 0 Å². The van der Waals surface area contributed by atoms with Gasteiger partial charge in [-0.2, -0.15) is 4.98 Å². The molecular weight excluding hydrogens is 294 g/mol. The van der Waals surface area contributed by atoms with E-state index in [-0.39, 0.29) is 0 Å². The molecule has 1 aromatic heterocycles. The normalized spacial score (nSPS) is 10.1. The van der Waals surface area contributed by atoms with Crippen LogP contribution in [0.15, 0.2) is 41.1 Å². The maximum absolute atomic E-state index is 5.60. The van der Waals surface area contributed by atoms with Crippen molar-refractivity contribution in [2.75, 3.05) is 11.9 Å². The first-order valence-electron chi connectivity index (χ1n) is 5.71. The lowest BCUT2D eigenvalue weighted by atomic mass is 10.2. The van der Waals surface area contributed by atoms with Crippen LogP contribution in [0.5, 0.6) is 5.88 Å². The van der Waals surface area contributed by atoms with Gasteiger partial charge in [0.15, 0.2) is 0 Å². The number of aromatic nitrogens is 2. The zero-order valence-electron chi connectivity index (χ0n) is 10.1. The van der Waals surface area contributed by atoms with Gasteiger partial charge in [0.1, 0.15) is 12.4 Å². The van der Waals surface area contributed by atoms with Gasteiger partial charge in [0.25, 0.3) is 0 Å². The fourth-order valence-electron chi connectivity index (χ4n) is 1.47. The van der Waals surface area contributed by atoms with Crippen molar-refractivity contribution in [3.63, 3.8) is 0 Å². The smallest absolute Gasteiger partial charge is 0.234 e. The second kappa shape index (κ2) is 6.35. The third kappa shape index (κ3) is 3.70. The molecule has 0 radical (unpaired) electrons. The Balaban J connectivity index is 1.99. The minimum atomic E-state index is 0.476. The molecule has 0 aliphatic rings. The van der Waals surface area contributed by atoms with E-state index in [4.69, 9.17) is 4.74 Å². The standard InChI is InChI=1S/C13H14BrN3O/c1-2-16-12-7-15-8-13(17-12)18-9-10-4-3-5-11(14)6-10/h3-8H,2,9H2,1H3,(H,16,17). The van der Waals surface area contributed by atoms with Gasteiger partial charge in [0, 0.05) is 11.0 Å². The fraction of sp³-hybridized carbons (Fsp3) is 0.231. The molecule has 0 spiro atoms. The summed E-state index contributed by atoms with van der Waals surface area (Å²) >= 11 is 3.43. The lowest BCUT2D eigenvalue weighted by molar-refractivity contribution is 0.293. The molecular formula is C13H14BrN3O. The first-order valence-corrected chi connectivity index (χ1v) is 6.50. The summed E-state index contributed by atoms with van der Waals surface area (Å²) in [4.78, 5) is 8.37. The maximum Gasteiger partial charge on any atom is 0.234 e. The van der Waals surface area contributed by atoms with Gasteiger partial charge < -0.3 is 10.1 Å². The van der Waals surface area contributed by atoms with E-state index in [9.17, 15) is 0 Å². The number of benzene rings is 1. The number of nitrogens with zero attached hydrogens (tertiary/aromatic N) is 2. The van der Waals surface area contributed by atoms with Crippen molar-refractivity contribution in [3.8, 4) is 5.88 Å². The molecule has 0 aliphatic carbocycles. The minimum absolute atomic E-state index is 0.476. The summed E-state index contributed by atoms with van der Waals surface area (Å²) < 4.78 is 6.64. The van der Waals surface area contributed by atoms with Crippen molar-refractivity contribution >= 4 is 21.7 Å². The SMILES string of the molecule is CCNc1cncc(OCc2cccc(Br)c2)n1. The summed E-state index contributed by atoms with van der Waals surface area (Å²) in [5.41, 5.74) is 1.08. The number of rotatable bonds is 5. The lowest BCUT2D eigenvalue weighted by Crippen LogP contribution is -2.03. The average molecular weight is 308 g/mol. The van der Waals surface area contributed by atoms with Crippen molar-refractivity contribution in [1.82, 2.24) is 9.97 Å². The van der Waals surface area contributed by atoms with Crippen LogP contribution in [0.3, 0.4) is 0 Å². The van der Waals surface area contributed by atoms with Gasteiger partial charge >= 0.3 is 0 Å². The quantitative estimate of drug-likeness (QED) is 0.921. The van der Waals surface area contributed by atoms with E-state index in [1.165, 1.54) is 0 Å². The van der Waals surface area contributed by atoms with Gasteiger partial charge in [-0.3, -0.25) is 4.98 Å². The minimum Gasteiger partial charge on any atom is -0.472 e. The number of ether oxygens (including phenoxy) is 1. The van der Waals surface area contributed by atoms with Gasteiger partial charge in [-0.25, -0.2) is 0 Å². The predicted octanol–water partition coefficient (Wildman–Crippen LogP) is 3.25. The van der Waals surface area contributed by atoms with Crippen molar-refractivity contribution in [3.05, 3.63) is 46.7 Å². The van der Waals surface area contributed by atoms with Crippen LogP contribution >= 0.6 is 15.9 Å². The highest BCUT2D eigenvalue weighted by atomic mass is 79.9. The molecule has 1 N–H and O–H groups in total. The van der Waals surface area contributed by atoms with E-state index in [2.05, 4.69) is 31.2 Å². The Labute approximate surface area is 115 Å². The monoisotopic (exact) mass is 307 g/mol. The molecule has 1 aromatic carbocycles. The van der Waals surface area contributed by atoms with Crippen molar-refractivity contribution in [1.29, 1.82) is 0 Å². The molecule has 1 heterocycles. The van der Waals surface area contributed by atoms with E-state index < -0.39 is 0 Å². The average Bonchev–Trinajstić information content (AvgIpc) is 2.37. The highest BCUT2D eigenvalue weighted by Gasteiger charge is 2.00. The number of hydrogen-bond acceptors (Lipinski definition) is 4. The molecule has 0 aliphatic heterocycles. The largest absolute Gasteiger partial charge is 0.472 e. The molecule has 2 rings (SSSR count). The Morgan fingerprint density at radius 2 is 2.22 bits per heavy atom. The molecule has 0 saturated carbocycles. The van der Waals surface area contributed by atoms with E-state index in [1.54, 1.807) is 12.4 Å². The zero-order chi connectivity index (χ0) is 12.8. The van der Waals surface area contributed by atoms with Crippen molar-refractivity contribution in [2.45, 2.75) is 13.5 Å². The fourth-order valence-corrected chi connectivity index (χ4v) is 1.91. The second-order valence-corrected chi connectivity index (χ2v) is 4.61. The molecule has 0 amide bonds. The second-order valence-electron chi connectivity index (χ2n) is 3.69. The van der Waals surface area contributed by atoms with E-state index in [1.807, 2.05) is 31.2 Å². The van der Waals surface area contributed by atoms with Crippen LogP contribution in [0.4, 0.5) is 5.82 Å². The molecule has 2 aromatic rings. The van der Waals surface area contributed by atoms with Crippen molar-refractivity contribution in [2.24, 2.45) is 0 Å². The first-order chi connectivity index (χ1) is 8.78. The third-order valence-electron chi connectivity index (χ3n) is 2.25. The van der Waals surface area contributed by atoms with Crippen LogP contribution in [-0.4, -0.2) is 16.5 Å². The number of anilines is 1. The zero-order valence-corrected chi connectivity index (χ0v) is 11.6. The summed E-state index contributed by atoms with van der Waals surface area (Å²) in [7, 11) is 0. The van der Waals surface area contributed by atoms with E-state index >= 15 is 0 Å². The first kappa shape index (κ1) is 12.8. The number of halogens is 1. The van der Waals surface area contributed by atoms with Gasteiger partial charge in [-0.15, -0.1) is 0 Å². The molecule has 0 unspecified atom stereocenters. The third-order valence-corrected chi connectivity index (χ3v) is 2.74. The predicted molar refractivity (Wildman–Crippen MR) is 74.7 cm³/mol. The number of hydrogen-bond donors (Lipinski definition) is 1. The van der Waals surface area contributed by atoms with E-state index in [0.717, 1.165) is 22.4 Å². The Morgan fingerprint density at radius 1 is 1.33 bits per heavy atom. The molecule has 0 fully saturated rings. The highest BCUT2D eigenvalue weighted by molar-refractivity contribution is 9.10. The molecule has 94 valence electrons. The van der Waals surface area contributed by atoms with Crippen LogP contribution < -0.4 is 10.1 Å². The lowest BCUT2D eigenvalue weighted by Gasteiger charge is -2.07. The molecule has 5 heteroatoms. The van der Waals surface area contributed by atoms with Crippen LogP contribution in [-0.2, 0) is 6.61 Å². The summed E-state index contributed by atoms with van der Waals surface area (Å²) in [5, 5.41) is 3.09. The molecule has 0 bridgehead atoms. The Morgan fingerprint density at radius 3 is 3.00 bits per heavy atom. The van der Waals surface area contributed by atoms with Crippen LogP contribution in [0.2, 0.25) is 0 Å². The molecule has 0 saturated heterocycles. The summed E-state index contributed by atoms with van der Waals surface area (Å²) in [6.45, 7) is 3.30. The van der Waals surface area contributed by atoms with Crippen LogP contribution in [0.25, 0.3) is 0 Å². The Kier molecular flexibility index (Phi) is 4.52. The summed E-state index contributed by atoms with van der Waals surface area (Å²) in [5.74, 6) is 1.25. The van der Waals surface area contributed by atoms with Gasteiger partial charge in [-0.05, 0) is 24.6 Å². The summed E-state index contributed by atoms with van der Waals surface area (Å²) in [6, 6.07) is 7.98. The summed E-state index contributed by atoms with van der Waals surface area (Å²) in [6.07, 6.45) is 3.29. The van der Waals surface area contributed by atoms with Crippen molar-refractivity contribution < 1.29 is 4.74 Å². The molecule has 18 heavy (non-hydrogen) atoms. The van der Waals surface area contributed by atoms with Crippen LogP contribution in [0.1, 0.15) is 12.5 Å². The Bertz CT molecular complexity index is 519. The Hall–Kier alpha value is -1.62.